The van der Waals surface area contributed by atoms with Gasteiger partial charge in [-0.2, -0.15) is 5.10 Å². The van der Waals surface area contributed by atoms with Gasteiger partial charge in [-0.1, -0.05) is 39.0 Å². The first-order chi connectivity index (χ1) is 16.2. The van der Waals surface area contributed by atoms with Gasteiger partial charge in [-0.3, -0.25) is 4.79 Å². The van der Waals surface area contributed by atoms with Crippen molar-refractivity contribution >= 4 is 5.52 Å². The highest BCUT2D eigenvalue weighted by atomic mass is 16.5. The van der Waals surface area contributed by atoms with E-state index in [4.69, 9.17) is 9.47 Å². The van der Waals surface area contributed by atoms with Crippen molar-refractivity contribution in [3.05, 3.63) is 88.1 Å². The third kappa shape index (κ3) is 5.57. The van der Waals surface area contributed by atoms with Crippen LogP contribution in [0.3, 0.4) is 0 Å². The molecule has 0 atom stereocenters. The number of methoxy groups -OCH3 is 1. The first-order valence-electron chi connectivity index (χ1n) is 11.6. The molecule has 0 aliphatic rings. The number of hydrogen-bond acceptors (Lipinski definition) is 4. The molecule has 0 radical (unpaired) electrons. The quantitative estimate of drug-likeness (QED) is 0.343. The van der Waals surface area contributed by atoms with Crippen LogP contribution in [0.4, 0.5) is 0 Å². The number of rotatable bonds is 8. The van der Waals surface area contributed by atoms with Gasteiger partial charge in [0, 0.05) is 37.2 Å². The van der Waals surface area contributed by atoms with Gasteiger partial charge in [0.1, 0.15) is 12.4 Å². The molecular formula is C28H33N3O3. The smallest absolute Gasteiger partial charge is 0.251 e. The van der Waals surface area contributed by atoms with Gasteiger partial charge >= 0.3 is 0 Å². The first kappa shape index (κ1) is 23.8. The van der Waals surface area contributed by atoms with E-state index in [1.165, 1.54) is 0 Å². The molecule has 0 saturated heterocycles. The zero-order valence-corrected chi connectivity index (χ0v) is 20.7. The molecule has 3 heterocycles. The fraction of sp³-hybridized carbons (Fsp3) is 0.357. The van der Waals surface area contributed by atoms with Crippen molar-refractivity contribution in [2.75, 3.05) is 20.3 Å². The predicted octanol–water partition coefficient (Wildman–Crippen LogP) is 5.13. The number of hydrogen-bond donors (Lipinski definition) is 0. The summed E-state index contributed by atoms with van der Waals surface area (Å²) in [4.78, 5) is 12.7. The van der Waals surface area contributed by atoms with Crippen molar-refractivity contribution in [2.45, 2.75) is 40.7 Å². The zero-order valence-electron chi connectivity index (χ0n) is 20.7. The Kier molecular flexibility index (Phi) is 6.89. The summed E-state index contributed by atoms with van der Waals surface area (Å²) in [7, 11) is 1.66. The molecule has 178 valence electrons. The molecule has 6 nitrogen and oxygen atoms in total. The van der Waals surface area contributed by atoms with Crippen molar-refractivity contribution in [2.24, 2.45) is 5.41 Å². The summed E-state index contributed by atoms with van der Waals surface area (Å²) in [6, 6.07) is 14.2. The maximum absolute atomic E-state index is 12.7. The van der Waals surface area contributed by atoms with Crippen LogP contribution in [-0.4, -0.2) is 34.5 Å². The molecule has 0 saturated carbocycles. The number of aryl methyl sites for hydroxylation is 1. The highest BCUT2D eigenvalue weighted by Crippen LogP contribution is 2.29. The summed E-state index contributed by atoms with van der Waals surface area (Å²) in [6.45, 7) is 10.2. The molecule has 34 heavy (non-hydrogen) atoms. The van der Waals surface area contributed by atoms with E-state index in [1.54, 1.807) is 23.9 Å². The fourth-order valence-corrected chi connectivity index (χ4v) is 4.18. The largest absolute Gasteiger partial charge is 0.489 e. The van der Waals surface area contributed by atoms with Crippen LogP contribution >= 0.6 is 0 Å². The topological polar surface area (TPSA) is 57.8 Å². The van der Waals surface area contributed by atoms with Crippen molar-refractivity contribution in [1.29, 1.82) is 0 Å². The normalized spacial score (nSPS) is 11.8. The second kappa shape index (κ2) is 9.85. The van der Waals surface area contributed by atoms with Gasteiger partial charge in [-0.15, -0.1) is 0 Å². The number of nitrogens with zero attached hydrogens (tertiary/aromatic N) is 3. The minimum absolute atomic E-state index is 0.0373. The van der Waals surface area contributed by atoms with Gasteiger partial charge in [0.15, 0.2) is 0 Å². The van der Waals surface area contributed by atoms with Crippen molar-refractivity contribution in [3.8, 4) is 16.9 Å². The Bertz CT molecular complexity index is 1350. The second-order valence-corrected chi connectivity index (χ2v) is 9.97. The molecule has 1 aromatic carbocycles. The molecule has 0 spiro atoms. The van der Waals surface area contributed by atoms with Gasteiger partial charge in [0.05, 0.1) is 24.9 Å². The highest BCUT2D eigenvalue weighted by molar-refractivity contribution is 5.81. The van der Waals surface area contributed by atoms with Crippen LogP contribution in [0.1, 0.15) is 37.5 Å². The van der Waals surface area contributed by atoms with E-state index in [9.17, 15) is 4.79 Å². The average Bonchev–Trinajstić information content (AvgIpc) is 3.19. The van der Waals surface area contributed by atoms with Crippen LogP contribution in [0.25, 0.3) is 16.6 Å². The van der Waals surface area contributed by atoms with Crippen molar-refractivity contribution < 1.29 is 9.47 Å². The number of aromatic nitrogens is 3. The molecule has 3 aromatic heterocycles. The Hall–Kier alpha value is -3.38. The molecule has 6 heteroatoms. The first-order valence-corrected chi connectivity index (χ1v) is 11.6. The zero-order chi connectivity index (χ0) is 24.3. The van der Waals surface area contributed by atoms with E-state index in [0.29, 0.717) is 19.8 Å². The summed E-state index contributed by atoms with van der Waals surface area (Å²) < 4.78 is 14.4. The van der Waals surface area contributed by atoms with Crippen molar-refractivity contribution in [1.82, 2.24) is 14.2 Å². The number of pyridine rings is 1. The van der Waals surface area contributed by atoms with Gasteiger partial charge in [-0.25, -0.2) is 4.52 Å². The standard InChI is InChI=1S/C28H33N3O3/c1-20-14-22(25-8-10-29-31-19-24(16-26(25)31)34-13-12-33-5)6-7-23(20)18-30-11-9-21(15-27(30)32)17-28(2,3)4/h6-11,14-16,19H,12-13,17-18H2,1-5H3. The van der Waals surface area contributed by atoms with Crippen LogP contribution in [0, 0.1) is 12.3 Å². The SMILES string of the molecule is COCCOc1cc2c(-c3ccc(Cn4ccc(CC(C)(C)C)cc4=O)c(C)c3)ccnn2c1. The molecule has 0 amide bonds. The third-order valence-electron chi connectivity index (χ3n) is 5.83. The third-order valence-corrected chi connectivity index (χ3v) is 5.83. The summed E-state index contributed by atoms with van der Waals surface area (Å²) >= 11 is 0. The molecule has 0 bridgehead atoms. The molecule has 0 aliphatic carbocycles. The van der Waals surface area contributed by atoms with E-state index in [-0.39, 0.29) is 11.0 Å². The van der Waals surface area contributed by atoms with E-state index >= 15 is 0 Å². The number of ether oxygens (including phenoxy) is 2. The minimum atomic E-state index is 0.0373. The van der Waals surface area contributed by atoms with Crippen LogP contribution in [0.15, 0.2) is 65.8 Å². The number of benzene rings is 1. The predicted molar refractivity (Wildman–Crippen MR) is 136 cm³/mol. The molecule has 4 rings (SSSR count). The van der Waals surface area contributed by atoms with Gasteiger partial charge in [-0.05, 0) is 53.1 Å². The maximum atomic E-state index is 12.7. The lowest BCUT2D eigenvalue weighted by Crippen LogP contribution is -2.21. The maximum Gasteiger partial charge on any atom is 0.251 e. The van der Waals surface area contributed by atoms with Gasteiger partial charge in [0.2, 0.25) is 0 Å². The van der Waals surface area contributed by atoms with Crippen LogP contribution in [0.2, 0.25) is 0 Å². The minimum Gasteiger partial charge on any atom is -0.489 e. The van der Waals surface area contributed by atoms with Crippen LogP contribution in [0.5, 0.6) is 5.75 Å². The number of fused-ring (bicyclic) bond motifs is 1. The highest BCUT2D eigenvalue weighted by Gasteiger charge is 2.13. The molecular weight excluding hydrogens is 426 g/mol. The van der Waals surface area contributed by atoms with E-state index in [2.05, 4.69) is 57.1 Å². The Labute approximate surface area is 200 Å². The lowest BCUT2D eigenvalue weighted by Gasteiger charge is -2.18. The summed E-state index contributed by atoms with van der Waals surface area (Å²) in [5, 5.41) is 4.42. The van der Waals surface area contributed by atoms with Crippen molar-refractivity contribution in [3.63, 3.8) is 0 Å². The molecule has 0 unspecified atom stereocenters. The Balaban J connectivity index is 1.57. The second-order valence-electron chi connectivity index (χ2n) is 9.97. The lowest BCUT2D eigenvalue weighted by molar-refractivity contribution is 0.146. The Morgan fingerprint density at radius 3 is 2.56 bits per heavy atom. The summed E-state index contributed by atoms with van der Waals surface area (Å²) in [5.41, 5.74) is 6.70. The molecule has 4 aromatic rings. The van der Waals surface area contributed by atoms with Crippen LogP contribution < -0.4 is 10.3 Å². The van der Waals surface area contributed by atoms with Crippen LogP contribution in [-0.2, 0) is 17.7 Å². The monoisotopic (exact) mass is 459 g/mol. The van der Waals surface area contributed by atoms with Gasteiger partial charge in [0.25, 0.3) is 5.56 Å². The van der Waals surface area contributed by atoms with Gasteiger partial charge < -0.3 is 14.0 Å². The van der Waals surface area contributed by atoms with E-state index < -0.39 is 0 Å². The fourth-order valence-electron chi connectivity index (χ4n) is 4.18. The van der Waals surface area contributed by atoms with E-state index in [1.807, 2.05) is 29.0 Å². The van der Waals surface area contributed by atoms with E-state index in [0.717, 1.165) is 45.5 Å². The Morgan fingerprint density at radius 1 is 1.03 bits per heavy atom. The molecule has 0 fully saturated rings. The summed E-state index contributed by atoms with van der Waals surface area (Å²) in [6.07, 6.45) is 6.47. The lowest BCUT2D eigenvalue weighted by atomic mass is 9.88. The molecule has 0 aliphatic heterocycles. The molecule has 0 N–H and O–H groups in total. The Morgan fingerprint density at radius 2 is 1.85 bits per heavy atom. The average molecular weight is 460 g/mol. The summed E-state index contributed by atoms with van der Waals surface area (Å²) in [5.74, 6) is 0.764.